The zero-order chi connectivity index (χ0) is 16.4. The van der Waals surface area contributed by atoms with Gasteiger partial charge in [0.25, 0.3) is 11.2 Å². The van der Waals surface area contributed by atoms with Crippen molar-refractivity contribution in [3.8, 4) is 11.5 Å². The van der Waals surface area contributed by atoms with Crippen molar-refractivity contribution in [2.75, 3.05) is 0 Å². The van der Waals surface area contributed by atoms with Gasteiger partial charge in [0.1, 0.15) is 12.1 Å². The molecule has 2 heterocycles. The highest BCUT2D eigenvalue weighted by molar-refractivity contribution is 5.52. The molecule has 3 rings (SSSR count). The smallest absolute Gasteiger partial charge is 0.285 e. The minimum atomic E-state index is -0.581. The number of rotatable bonds is 4. The second-order valence-electron chi connectivity index (χ2n) is 4.76. The van der Waals surface area contributed by atoms with Gasteiger partial charge < -0.3 is 8.98 Å². The molecule has 0 N–H and O–H groups in total. The molecule has 0 unspecified atom stereocenters. The number of hydrogen-bond acceptors (Lipinski definition) is 5. The number of benzene rings is 1. The summed E-state index contributed by atoms with van der Waals surface area (Å²) in [5.74, 6) is -0.0952. The van der Waals surface area contributed by atoms with Crippen molar-refractivity contribution in [2.24, 2.45) is 0 Å². The van der Waals surface area contributed by atoms with Crippen molar-refractivity contribution < 1.29 is 13.7 Å². The SMILES string of the molecule is O=c1ccc([N+](=O)[O-])cn1Cc1coc(-c2ccc(F)cc2)n1. The first kappa shape index (κ1) is 14.6. The van der Waals surface area contributed by atoms with Crippen LogP contribution in [0.4, 0.5) is 10.1 Å². The fourth-order valence-electron chi connectivity index (χ4n) is 2.03. The van der Waals surface area contributed by atoms with Gasteiger partial charge in [0, 0.05) is 17.7 Å². The van der Waals surface area contributed by atoms with Gasteiger partial charge in [-0.25, -0.2) is 9.37 Å². The summed E-state index contributed by atoms with van der Waals surface area (Å²) in [4.78, 5) is 26.1. The van der Waals surface area contributed by atoms with Gasteiger partial charge in [0.2, 0.25) is 5.89 Å². The molecule has 0 radical (unpaired) electrons. The van der Waals surface area contributed by atoms with Crippen molar-refractivity contribution in [1.29, 1.82) is 0 Å². The second kappa shape index (κ2) is 5.84. The van der Waals surface area contributed by atoms with E-state index in [9.17, 15) is 19.3 Å². The average Bonchev–Trinajstić information content (AvgIpc) is 2.98. The first-order chi connectivity index (χ1) is 11.0. The van der Waals surface area contributed by atoms with E-state index in [-0.39, 0.29) is 29.5 Å². The minimum absolute atomic E-state index is 0.0329. The van der Waals surface area contributed by atoms with Crippen LogP contribution >= 0.6 is 0 Å². The lowest BCUT2D eigenvalue weighted by atomic mass is 10.2. The van der Waals surface area contributed by atoms with Crippen LogP contribution in [0.3, 0.4) is 0 Å². The zero-order valence-corrected chi connectivity index (χ0v) is 11.7. The summed E-state index contributed by atoms with van der Waals surface area (Å²) < 4.78 is 19.4. The quantitative estimate of drug-likeness (QED) is 0.545. The van der Waals surface area contributed by atoms with E-state index >= 15 is 0 Å². The Hall–Kier alpha value is -3.29. The number of pyridine rings is 1. The van der Waals surface area contributed by atoms with Gasteiger partial charge in [-0.15, -0.1) is 0 Å². The third-order valence-corrected chi connectivity index (χ3v) is 3.15. The molecule has 0 fully saturated rings. The Morgan fingerprint density at radius 1 is 1.22 bits per heavy atom. The van der Waals surface area contributed by atoms with Crippen LogP contribution in [-0.4, -0.2) is 14.5 Å². The third kappa shape index (κ3) is 3.15. The fraction of sp³-hybridized carbons (Fsp3) is 0.0667. The van der Waals surface area contributed by atoms with Crippen LogP contribution in [0.15, 0.2) is 58.1 Å². The fourth-order valence-corrected chi connectivity index (χ4v) is 2.03. The van der Waals surface area contributed by atoms with E-state index in [0.717, 1.165) is 18.3 Å². The molecule has 8 heteroatoms. The van der Waals surface area contributed by atoms with Crippen LogP contribution in [0.2, 0.25) is 0 Å². The summed E-state index contributed by atoms with van der Waals surface area (Å²) in [6.07, 6.45) is 2.50. The van der Waals surface area contributed by atoms with Crippen molar-refractivity contribution in [3.63, 3.8) is 0 Å². The van der Waals surface area contributed by atoms with E-state index in [1.807, 2.05) is 0 Å². The third-order valence-electron chi connectivity index (χ3n) is 3.15. The maximum absolute atomic E-state index is 12.9. The topological polar surface area (TPSA) is 91.2 Å². The Labute approximate surface area is 128 Å². The Morgan fingerprint density at radius 3 is 2.65 bits per heavy atom. The van der Waals surface area contributed by atoms with Gasteiger partial charge in [0.15, 0.2) is 0 Å². The molecule has 23 heavy (non-hydrogen) atoms. The van der Waals surface area contributed by atoms with Crippen molar-refractivity contribution in [1.82, 2.24) is 9.55 Å². The lowest BCUT2D eigenvalue weighted by Gasteiger charge is -2.01. The van der Waals surface area contributed by atoms with Gasteiger partial charge in [-0.05, 0) is 24.3 Å². The highest BCUT2D eigenvalue weighted by Crippen LogP contribution is 2.19. The van der Waals surface area contributed by atoms with Gasteiger partial charge in [-0.3, -0.25) is 14.9 Å². The van der Waals surface area contributed by atoms with Crippen LogP contribution in [-0.2, 0) is 6.54 Å². The molecule has 0 aliphatic rings. The molecule has 0 amide bonds. The Balaban J connectivity index is 1.87. The highest BCUT2D eigenvalue weighted by Gasteiger charge is 2.11. The number of oxazole rings is 1. The second-order valence-corrected chi connectivity index (χ2v) is 4.76. The highest BCUT2D eigenvalue weighted by atomic mass is 19.1. The predicted octanol–water partition coefficient (Wildman–Crippen LogP) is 2.60. The van der Waals surface area contributed by atoms with E-state index in [2.05, 4.69) is 4.98 Å². The average molecular weight is 315 g/mol. The largest absolute Gasteiger partial charge is 0.444 e. The number of halogens is 1. The van der Waals surface area contributed by atoms with Crippen LogP contribution in [0.5, 0.6) is 0 Å². The molecule has 0 spiro atoms. The van der Waals surface area contributed by atoms with E-state index < -0.39 is 4.92 Å². The molecule has 0 bridgehead atoms. The molecule has 0 atom stereocenters. The van der Waals surface area contributed by atoms with Crippen molar-refractivity contribution in [3.05, 3.63) is 80.8 Å². The molecule has 116 valence electrons. The maximum atomic E-state index is 12.9. The lowest BCUT2D eigenvalue weighted by molar-refractivity contribution is -0.385. The first-order valence-electron chi connectivity index (χ1n) is 6.58. The number of nitrogens with zero attached hydrogens (tertiary/aromatic N) is 3. The molecule has 2 aromatic heterocycles. The van der Waals surface area contributed by atoms with Crippen molar-refractivity contribution in [2.45, 2.75) is 6.54 Å². The summed E-state index contributed by atoms with van der Waals surface area (Å²) in [5.41, 5.74) is 0.435. The minimum Gasteiger partial charge on any atom is -0.444 e. The van der Waals surface area contributed by atoms with E-state index in [1.54, 1.807) is 0 Å². The molecular formula is C15H10FN3O4. The van der Waals surface area contributed by atoms with Crippen LogP contribution < -0.4 is 5.56 Å². The molecular weight excluding hydrogens is 305 g/mol. The Bertz CT molecular complexity index is 915. The molecule has 0 saturated heterocycles. The summed E-state index contributed by atoms with van der Waals surface area (Å²) in [6, 6.07) is 7.87. The standard InChI is InChI=1S/C15H10FN3O4/c16-11-3-1-10(2-4-11)15-17-12(9-23-15)7-18-8-13(19(21)22)5-6-14(18)20/h1-6,8-9H,7H2. The van der Waals surface area contributed by atoms with E-state index in [0.29, 0.717) is 11.3 Å². The lowest BCUT2D eigenvalue weighted by Crippen LogP contribution is -2.19. The first-order valence-corrected chi connectivity index (χ1v) is 6.58. The van der Waals surface area contributed by atoms with Gasteiger partial charge in [-0.1, -0.05) is 0 Å². The maximum Gasteiger partial charge on any atom is 0.285 e. The van der Waals surface area contributed by atoms with E-state index in [1.165, 1.54) is 35.1 Å². The van der Waals surface area contributed by atoms with Crippen molar-refractivity contribution >= 4 is 5.69 Å². The molecule has 0 aliphatic carbocycles. The summed E-state index contributed by atoms with van der Waals surface area (Å²) in [5, 5.41) is 10.8. The summed E-state index contributed by atoms with van der Waals surface area (Å²) in [6.45, 7) is 0.0329. The normalized spacial score (nSPS) is 10.7. The monoisotopic (exact) mass is 315 g/mol. The molecule has 3 aromatic rings. The Kier molecular flexibility index (Phi) is 3.71. The van der Waals surface area contributed by atoms with Crippen LogP contribution in [0.1, 0.15) is 5.69 Å². The number of nitro groups is 1. The zero-order valence-electron chi connectivity index (χ0n) is 11.7. The Morgan fingerprint density at radius 2 is 1.96 bits per heavy atom. The summed E-state index contributed by atoms with van der Waals surface area (Å²) in [7, 11) is 0. The van der Waals surface area contributed by atoms with Crippen LogP contribution in [0.25, 0.3) is 11.5 Å². The van der Waals surface area contributed by atoms with E-state index in [4.69, 9.17) is 4.42 Å². The van der Waals surface area contributed by atoms with Gasteiger partial charge in [0.05, 0.1) is 23.4 Å². The number of aromatic nitrogens is 2. The van der Waals surface area contributed by atoms with Crippen LogP contribution in [0, 0.1) is 15.9 Å². The van der Waals surface area contributed by atoms with Gasteiger partial charge >= 0.3 is 0 Å². The molecule has 0 aliphatic heterocycles. The predicted molar refractivity (Wildman–Crippen MR) is 78.4 cm³/mol. The molecule has 0 saturated carbocycles. The molecule has 1 aromatic carbocycles. The summed E-state index contributed by atoms with van der Waals surface area (Å²) >= 11 is 0. The van der Waals surface area contributed by atoms with Gasteiger partial charge in [-0.2, -0.15) is 0 Å². The molecule has 7 nitrogen and oxygen atoms in total. The number of hydrogen-bond donors (Lipinski definition) is 0.